The van der Waals surface area contributed by atoms with Crippen LogP contribution in [0.3, 0.4) is 0 Å². The quantitative estimate of drug-likeness (QED) is 0.438. The molecule has 0 saturated heterocycles. The molecule has 188 valence electrons. The molecule has 0 fully saturated rings. The van der Waals surface area contributed by atoms with Gasteiger partial charge < -0.3 is 25.0 Å². The van der Waals surface area contributed by atoms with Crippen LogP contribution in [0.15, 0.2) is 84.9 Å². The molecule has 0 aliphatic heterocycles. The fourth-order valence-electron chi connectivity index (χ4n) is 3.45. The first-order chi connectivity index (χ1) is 17.3. The van der Waals surface area contributed by atoms with E-state index in [1.54, 1.807) is 93.0 Å². The van der Waals surface area contributed by atoms with Gasteiger partial charge in [0, 0.05) is 31.5 Å². The number of likely N-dealkylation sites (N-methyl/N-ethyl adjacent to an activating group) is 2. The first kappa shape index (κ1) is 26.2. The van der Waals surface area contributed by atoms with Crippen LogP contribution in [0.25, 0.3) is 0 Å². The van der Waals surface area contributed by atoms with Crippen molar-refractivity contribution < 1.29 is 23.9 Å². The van der Waals surface area contributed by atoms with Gasteiger partial charge >= 0.3 is 0 Å². The van der Waals surface area contributed by atoms with Crippen LogP contribution in [0.2, 0.25) is 0 Å². The van der Waals surface area contributed by atoms with Crippen molar-refractivity contribution in [2.45, 2.75) is 6.23 Å². The normalized spacial score (nSPS) is 11.2. The Morgan fingerprint density at radius 2 is 1.36 bits per heavy atom. The lowest BCUT2D eigenvalue weighted by Gasteiger charge is -2.34. The largest absolute Gasteiger partial charge is 0.497 e. The number of nitrogens with two attached hydrogens (primary N) is 1. The van der Waals surface area contributed by atoms with E-state index >= 15 is 0 Å². The second-order valence-corrected chi connectivity index (χ2v) is 7.90. The van der Waals surface area contributed by atoms with Gasteiger partial charge in [0.05, 0.1) is 13.7 Å². The number of carbonyl (C=O) groups excluding carboxylic acids is 3. The molecule has 0 aromatic heterocycles. The smallest absolute Gasteiger partial charge is 0.289 e. The van der Waals surface area contributed by atoms with E-state index in [0.717, 1.165) is 4.90 Å². The fourth-order valence-corrected chi connectivity index (χ4v) is 3.45. The summed E-state index contributed by atoms with van der Waals surface area (Å²) in [7, 11) is 4.68. The van der Waals surface area contributed by atoms with E-state index in [9.17, 15) is 14.4 Å². The fraction of sp³-hybridized carbons (Fsp3) is 0.222. The van der Waals surface area contributed by atoms with Crippen LogP contribution in [0.1, 0.15) is 0 Å². The third-order valence-corrected chi connectivity index (χ3v) is 5.57. The molecule has 0 aliphatic rings. The summed E-state index contributed by atoms with van der Waals surface area (Å²) in [4.78, 5) is 43.7. The molecule has 3 rings (SSSR count). The zero-order valence-electron chi connectivity index (χ0n) is 20.5. The molecule has 2 N–H and O–H groups in total. The van der Waals surface area contributed by atoms with E-state index in [-0.39, 0.29) is 0 Å². The van der Waals surface area contributed by atoms with Gasteiger partial charge in [-0.1, -0.05) is 42.5 Å². The van der Waals surface area contributed by atoms with Crippen molar-refractivity contribution in [1.29, 1.82) is 0 Å². The summed E-state index contributed by atoms with van der Waals surface area (Å²) in [6, 6.07) is 24.5. The summed E-state index contributed by atoms with van der Waals surface area (Å²) in [6.07, 6.45) is -1.45. The number of carbonyl (C=O) groups is 3. The molecule has 1 atom stereocenters. The zero-order chi connectivity index (χ0) is 26.1. The molecular formula is C27H30N4O5. The van der Waals surface area contributed by atoms with Gasteiger partial charge in [-0.3, -0.25) is 19.3 Å². The number of para-hydroxylation sites is 2. The standard InChI is InChI=1S/C27H30N4O5/c1-29(20-11-6-4-7-12-20)25(33)19-31(24(32)18-28)27(36-22-14-8-5-9-15-22)26(34)30(2)21-13-10-16-23(17-21)35-3/h4-17,27H,18-19,28H2,1-3H3. The molecule has 3 aromatic rings. The number of benzene rings is 3. The molecule has 0 aliphatic carbocycles. The monoisotopic (exact) mass is 490 g/mol. The molecule has 0 radical (unpaired) electrons. The van der Waals surface area contributed by atoms with Crippen LogP contribution in [-0.4, -0.2) is 63.1 Å². The highest BCUT2D eigenvalue weighted by molar-refractivity contribution is 6.01. The molecule has 1 unspecified atom stereocenters. The van der Waals surface area contributed by atoms with E-state index in [1.165, 1.54) is 16.9 Å². The molecule has 36 heavy (non-hydrogen) atoms. The number of hydrogen-bond donors (Lipinski definition) is 1. The lowest BCUT2D eigenvalue weighted by Crippen LogP contribution is -2.57. The maximum Gasteiger partial charge on any atom is 0.289 e. The Morgan fingerprint density at radius 3 is 1.97 bits per heavy atom. The number of nitrogens with zero attached hydrogens (tertiary/aromatic N) is 3. The average molecular weight is 491 g/mol. The summed E-state index contributed by atoms with van der Waals surface area (Å²) in [5.41, 5.74) is 6.84. The Kier molecular flexibility index (Phi) is 9.01. The second-order valence-electron chi connectivity index (χ2n) is 7.90. The van der Waals surface area contributed by atoms with Gasteiger partial charge in [0.1, 0.15) is 18.0 Å². The Labute approximate surface area is 210 Å². The lowest BCUT2D eigenvalue weighted by molar-refractivity contribution is -0.150. The van der Waals surface area contributed by atoms with Crippen LogP contribution < -0.4 is 25.0 Å². The number of rotatable bonds is 10. The van der Waals surface area contributed by atoms with E-state index in [0.29, 0.717) is 22.9 Å². The number of anilines is 2. The SMILES string of the molecule is COc1cccc(N(C)C(=O)C(Oc2ccccc2)N(CC(=O)N(C)c2ccccc2)C(=O)CN)c1. The molecular weight excluding hydrogens is 460 g/mol. The second kappa shape index (κ2) is 12.4. The van der Waals surface area contributed by atoms with Crippen molar-refractivity contribution in [2.24, 2.45) is 5.73 Å². The van der Waals surface area contributed by atoms with Crippen molar-refractivity contribution in [1.82, 2.24) is 4.90 Å². The van der Waals surface area contributed by atoms with Gasteiger partial charge in [-0.25, -0.2) is 0 Å². The zero-order valence-corrected chi connectivity index (χ0v) is 20.5. The van der Waals surface area contributed by atoms with Crippen molar-refractivity contribution >= 4 is 29.1 Å². The molecule has 0 spiro atoms. The van der Waals surface area contributed by atoms with Crippen LogP contribution in [-0.2, 0) is 14.4 Å². The summed E-state index contributed by atoms with van der Waals surface area (Å²) < 4.78 is 11.3. The highest BCUT2D eigenvalue weighted by Gasteiger charge is 2.36. The van der Waals surface area contributed by atoms with Gasteiger partial charge in [0.15, 0.2) is 0 Å². The summed E-state index contributed by atoms with van der Waals surface area (Å²) >= 11 is 0. The topological polar surface area (TPSA) is 105 Å². The Balaban J connectivity index is 1.96. The van der Waals surface area contributed by atoms with E-state index < -0.39 is 37.0 Å². The highest BCUT2D eigenvalue weighted by Crippen LogP contribution is 2.23. The predicted molar refractivity (Wildman–Crippen MR) is 138 cm³/mol. The minimum Gasteiger partial charge on any atom is -0.497 e. The summed E-state index contributed by atoms with van der Waals surface area (Å²) in [6.45, 7) is -0.830. The summed E-state index contributed by atoms with van der Waals surface area (Å²) in [5, 5.41) is 0. The number of hydrogen-bond acceptors (Lipinski definition) is 6. The average Bonchev–Trinajstić information content (AvgIpc) is 2.94. The first-order valence-corrected chi connectivity index (χ1v) is 11.3. The maximum absolute atomic E-state index is 13.7. The van der Waals surface area contributed by atoms with Crippen LogP contribution in [0.5, 0.6) is 11.5 Å². The third-order valence-electron chi connectivity index (χ3n) is 5.57. The number of amides is 3. The molecule has 9 heteroatoms. The van der Waals surface area contributed by atoms with Gasteiger partial charge in [-0.05, 0) is 36.4 Å². The van der Waals surface area contributed by atoms with Crippen molar-refractivity contribution in [3.8, 4) is 11.5 Å². The summed E-state index contributed by atoms with van der Waals surface area (Å²) in [5.74, 6) is -0.681. The molecule has 0 bridgehead atoms. The van der Waals surface area contributed by atoms with Crippen molar-refractivity contribution in [3.63, 3.8) is 0 Å². The van der Waals surface area contributed by atoms with E-state index in [2.05, 4.69) is 0 Å². The third kappa shape index (κ3) is 6.39. The Hall–Kier alpha value is -4.37. The predicted octanol–water partition coefficient (Wildman–Crippen LogP) is 2.51. The van der Waals surface area contributed by atoms with Gasteiger partial charge in [-0.15, -0.1) is 0 Å². The maximum atomic E-state index is 13.7. The molecule has 0 heterocycles. The van der Waals surface area contributed by atoms with Crippen LogP contribution in [0, 0.1) is 0 Å². The van der Waals surface area contributed by atoms with Crippen molar-refractivity contribution in [2.75, 3.05) is 44.1 Å². The Bertz CT molecular complexity index is 1170. The van der Waals surface area contributed by atoms with Gasteiger partial charge in [0.2, 0.25) is 11.8 Å². The number of ether oxygens (including phenoxy) is 2. The van der Waals surface area contributed by atoms with Gasteiger partial charge in [0.25, 0.3) is 12.1 Å². The molecule has 3 aromatic carbocycles. The van der Waals surface area contributed by atoms with Gasteiger partial charge in [-0.2, -0.15) is 0 Å². The van der Waals surface area contributed by atoms with Crippen LogP contribution in [0.4, 0.5) is 11.4 Å². The van der Waals surface area contributed by atoms with Crippen LogP contribution >= 0.6 is 0 Å². The minimum absolute atomic E-state index is 0.355. The Morgan fingerprint density at radius 1 is 0.778 bits per heavy atom. The molecule has 0 saturated carbocycles. The molecule has 3 amide bonds. The molecule has 9 nitrogen and oxygen atoms in total. The number of methoxy groups -OCH3 is 1. The first-order valence-electron chi connectivity index (χ1n) is 11.3. The lowest BCUT2D eigenvalue weighted by atomic mass is 10.2. The minimum atomic E-state index is -1.45. The highest BCUT2D eigenvalue weighted by atomic mass is 16.5. The van der Waals surface area contributed by atoms with E-state index in [1.807, 2.05) is 6.07 Å². The van der Waals surface area contributed by atoms with Crippen molar-refractivity contribution in [3.05, 3.63) is 84.9 Å². The van der Waals surface area contributed by atoms with E-state index in [4.69, 9.17) is 15.2 Å².